The fraction of sp³-hybridized carbons (Fsp3) is 0.625. The molecule has 2 aliphatic rings. The molecule has 1 aliphatic heterocycles. The summed E-state index contributed by atoms with van der Waals surface area (Å²) in [4.78, 5) is 25.9. The Balaban J connectivity index is 1.50. The van der Waals surface area contributed by atoms with Crippen LogP contribution < -0.4 is 5.32 Å². The number of nitrogens with zero attached hydrogens (tertiary/aromatic N) is 1. The van der Waals surface area contributed by atoms with Gasteiger partial charge in [0.25, 0.3) is 5.91 Å². The summed E-state index contributed by atoms with van der Waals surface area (Å²) in [5.41, 5.74) is 0. The molecule has 2 fully saturated rings. The van der Waals surface area contributed by atoms with Crippen LogP contribution in [0.3, 0.4) is 0 Å². The number of furan rings is 1. The fourth-order valence-corrected chi connectivity index (χ4v) is 2.73. The maximum Gasteiger partial charge on any atom is 0.289 e. The minimum absolute atomic E-state index is 0.0401. The molecule has 0 aromatic carbocycles. The molecule has 21 heavy (non-hydrogen) atoms. The second kappa shape index (κ2) is 5.92. The molecule has 1 aromatic rings. The lowest BCUT2D eigenvalue weighted by Gasteiger charge is -2.31. The average molecular weight is 290 g/mol. The molecule has 0 bridgehead atoms. The van der Waals surface area contributed by atoms with E-state index in [2.05, 4.69) is 5.32 Å². The van der Waals surface area contributed by atoms with Crippen LogP contribution in [0.1, 0.15) is 48.9 Å². The highest BCUT2D eigenvalue weighted by molar-refractivity contribution is 5.91. The largest absolute Gasteiger partial charge is 0.456 e. The molecule has 114 valence electrons. The standard InChI is InChI=1S/C16H22N2O3/c1-2-13-5-6-14(21-13)16(20)18-9-7-12(8-10-18)17-15(19)11-3-4-11/h5-6,11-12H,2-4,7-10H2,1H3,(H,17,19). The minimum atomic E-state index is -0.0401. The SMILES string of the molecule is CCc1ccc(C(=O)N2CCC(NC(=O)C3CC3)CC2)o1. The van der Waals surface area contributed by atoms with Crippen LogP contribution in [0.25, 0.3) is 0 Å². The zero-order chi connectivity index (χ0) is 14.8. The summed E-state index contributed by atoms with van der Waals surface area (Å²) in [5.74, 6) is 1.66. The number of carbonyl (C=O) groups is 2. The van der Waals surface area contributed by atoms with Crippen molar-refractivity contribution in [2.24, 2.45) is 5.92 Å². The second-order valence-electron chi connectivity index (χ2n) is 5.97. The van der Waals surface area contributed by atoms with Gasteiger partial charge in [-0.15, -0.1) is 0 Å². The third-order valence-corrected chi connectivity index (χ3v) is 4.30. The topological polar surface area (TPSA) is 62.6 Å². The van der Waals surface area contributed by atoms with Crippen molar-refractivity contribution in [1.82, 2.24) is 10.2 Å². The molecule has 2 heterocycles. The van der Waals surface area contributed by atoms with Gasteiger partial charge in [-0.3, -0.25) is 9.59 Å². The molecule has 1 aromatic heterocycles. The first kappa shape index (κ1) is 14.2. The minimum Gasteiger partial charge on any atom is -0.456 e. The number of amides is 2. The van der Waals surface area contributed by atoms with E-state index in [0.717, 1.165) is 37.9 Å². The highest BCUT2D eigenvalue weighted by Crippen LogP contribution is 2.29. The van der Waals surface area contributed by atoms with Gasteiger partial charge in [0.1, 0.15) is 5.76 Å². The highest BCUT2D eigenvalue weighted by atomic mass is 16.4. The van der Waals surface area contributed by atoms with Crippen LogP contribution in [0.4, 0.5) is 0 Å². The first-order valence-corrected chi connectivity index (χ1v) is 7.85. The summed E-state index contributed by atoms with van der Waals surface area (Å²) >= 11 is 0. The molecule has 1 aliphatic carbocycles. The van der Waals surface area contributed by atoms with Gasteiger partial charge in [0.15, 0.2) is 5.76 Å². The number of hydrogen-bond donors (Lipinski definition) is 1. The molecular formula is C16H22N2O3. The lowest BCUT2D eigenvalue weighted by molar-refractivity contribution is -0.123. The number of aryl methyl sites for hydroxylation is 1. The Hall–Kier alpha value is -1.78. The van der Waals surface area contributed by atoms with Crippen molar-refractivity contribution in [2.75, 3.05) is 13.1 Å². The van der Waals surface area contributed by atoms with Gasteiger partial charge in [-0.25, -0.2) is 0 Å². The number of likely N-dealkylation sites (tertiary alicyclic amines) is 1. The van der Waals surface area contributed by atoms with E-state index < -0.39 is 0 Å². The van der Waals surface area contributed by atoms with Gasteiger partial charge in [0, 0.05) is 31.5 Å². The molecule has 1 saturated carbocycles. The lowest BCUT2D eigenvalue weighted by Crippen LogP contribution is -2.46. The van der Waals surface area contributed by atoms with E-state index >= 15 is 0 Å². The summed E-state index contributed by atoms with van der Waals surface area (Å²) < 4.78 is 5.52. The molecule has 2 amide bonds. The van der Waals surface area contributed by atoms with Crippen LogP contribution in [0.5, 0.6) is 0 Å². The van der Waals surface area contributed by atoms with Crippen LogP contribution in [-0.4, -0.2) is 35.8 Å². The number of nitrogens with one attached hydrogen (secondary N) is 1. The monoisotopic (exact) mass is 290 g/mol. The van der Waals surface area contributed by atoms with Crippen molar-refractivity contribution in [3.63, 3.8) is 0 Å². The zero-order valence-electron chi connectivity index (χ0n) is 12.4. The Bertz CT molecular complexity index is 525. The highest BCUT2D eigenvalue weighted by Gasteiger charge is 2.32. The van der Waals surface area contributed by atoms with Crippen LogP contribution in [0.2, 0.25) is 0 Å². The predicted octanol–water partition coefficient (Wildman–Crippen LogP) is 1.97. The fourth-order valence-electron chi connectivity index (χ4n) is 2.73. The maximum atomic E-state index is 12.3. The Kier molecular flexibility index (Phi) is 3.99. The van der Waals surface area contributed by atoms with Crippen LogP contribution >= 0.6 is 0 Å². The Morgan fingerprint density at radius 2 is 1.95 bits per heavy atom. The van der Waals surface area contributed by atoms with E-state index in [1.165, 1.54) is 0 Å². The smallest absolute Gasteiger partial charge is 0.289 e. The van der Waals surface area contributed by atoms with Crippen LogP contribution in [0.15, 0.2) is 16.5 Å². The second-order valence-corrected chi connectivity index (χ2v) is 5.97. The molecule has 0 atom stereocenters. The molecule has 0 unspecified atom stereocenters. The Morgan fingerprint density at radius 1 is 1.24 bits per heavy atom. The number of rotatable bonds is 4. The first-order valence-electron chi connectivity index (χ1n) is 7.85. The van der Waals surface area contributed by atoms with Gasteiger partial charge in [0.05, 0.1) is 0 Å². The third kappa shape index (κ3) is 3.28. The van der Waals surface area contributed by atoms with Crippen molar-refractivity contribution in [2.45, 2.75) is 45.1 Å². The van der Waals surface area contributed by atoms with E-state index in [4.69, 9.17) is 4.42 Å². The normalized spacial score (nSPS) is 19.6. The summed E-state index contributed by atoms with van der Waals surface area (Å²) in [5, 5.41) is 3.09. The molecule has 0 radical (unpaired) electrons. The average Bonchev–Trinajstić information content (AvgIpc) is 3.25. The lowest BCUT2D eigenvalue weighted by atomic mass is 10.0. The summed E-state index contributed by atoms with van der Waals surface area (Å²) in [6, 6.07) is 3.82. The van der Waals surface area contributed by atoms with Gasteiger partial charge < -0.3 is 14.6 Å². The third-order valence-electron chi connectivity index (χ3n) is 4.30. The van der Waals surface area contributed by atoms with E-state index in [1.807, 2.05) is 17.9 Å². The summed E-state index contributed by atoms with van der Waals surface area (Å²) in [6.45, 7) is 3.36. The first-order chi connectivity index (χ1) is 10.2. The van der Waals surface area contributed by atoms with Gasteiger partial charge in [-0.05, 0) is 37.8 Å². The van der Waals surface area contributed by atoms with Crippen molar-refractivity contribution >= 4 is 11.8 Å². The van der Waals surface area contributed by atoms with Crippen LogP contribution in [0, 0.1) is 5.92 Å². The Morgan fingerprint density at radius 3 is 2.52 bits per heavy atom. The van der Waals surface area contributed by atoms with Crippen molar-refractivity contribution < 1.29 is 14.0 Å². The van der Waals surface area contributed by atoms with Crippen LogP contribution in [-0.2, 0) is 11.2 Å². The molecule has 5 heteroatoms. The van der Waals surface area contributed by atoms with E-state index in [0.29, 0.717) is 18.8 Å². The van der Waals surface area contributed by atoms with Gasteiger partial charge in [0.2, 0.25) is 5.91 Å². The number of piperidine rings is 1. The number of hydrogen-bond acceptors (Lipinski definition) is 3. The molecular weight excluding hydrogens is 268 g/mol. The van der Waals surface area contributed by atoms with Gasteiger partial charge in [-0.2, -0.15) is 0 Å². The van der Waals surface area contributed by atoms with E-state index in [1.54, 1.807) is 6.07 Å². The molecule has 1 N–H and O–H groups in total. The van der Waals surface area contributed by atoms with Crippen molar-refractivity contribution in [3.05, 3.63) is 23.7 Å². The summed E-state index contributed by atoms with van der Waals surface area (Å²) in [6.07, 6.45) is 4.50. The van der Waals surface area contributed by atoms with Gasteiger partial charge in [-0.1, -0.05) is 6.92 Å². The summed E-state index contributed by atoms with van der Waals surface area (Å²) in [7, 11) is 0. The molecule has 1 saturated heterocycles. The van der Waals surface area contributed by atoms with Crippen molar-refractivity contribution in [1.29, 1.82) is 0 Å². The van der Waals surface area contributed by atoms with Gasteiger partial charge >= 0.3 is 0 Å². The number of carbonyl (C=O) groups excluding carboxylic acids is 2. The molecule has 3 rings (SSSR count). The van der Waals surface area contributed by atoms with E-state index in [9.17, 15) is 9.59 Å². The quantitative estimate of drug-likeness (QED) is 0.922. The zero-order valence-corrected chi connectivity index (χ0v) is 12.4. The molecule has 0 spiro atoms. The van der Waals surface area contributed by atoms with E-state index in [-0.39, 0.29) is 23.8 Å². The predicted molar refractivity (Wildman–Crippen MR) is 77.9 cm³/mol. The van der Waals surface area contributed by atoms with Crippen molar-refractivity contribution in [3.8, 4) is 0 Å². The maximum absolute atomic E-state index is 12.3. The molecule has 5 nitrogen and oxygen atoms in total. The Labute approximate surface area is 124 Å².